The van der Waals surface area contributed by atoms with E-state index in [1.54, 1.807) is 17.8 Å². The van der Waals surface area contributed by atoms with Crippen LogP contribution >= 0.6 is 11.8 Å². The lowest BCUT2D eigenvalue weighted by Gasteiger charge is -2.07. The maximum atomic E-state index is 12.0. The van der Waals surface area contributed by atoms with Crippen molar-refractivity contribution >= 4 is 28.6 Å². The van der Waals surface area contributed by atoms with Crippen LogP contribution in [0.25, 0.3) is 10.9 Å². The van der Waals surface area contributed by atoms with Crippen LogP contribution in [0.2, 0.25) is 0 Å². The maximum absolute atomic E-state index is 12.0. The summed E-state index contributed by atoms with van der Waals surface area (Å²) in [6.45, 7) is 2.19. The lowest BCUT2D eigenvalue weighted by Crippen LogP contribution is -2.05. The molecule has 0 radical (unpaired) electrons. The minimum Gasteiger partial charge on any atom is -0.462 e. The maximum Gasteiger partial charge on any atom is 0.339 e. The van der Waals surface area contributed by atoms with Gasteiger partial charge in [0.05, 0.1) is 12.2 Å². The molecule has 1 heterocycles. The number of para-hydroxylation sites is 1. The van der Waals surface area contributed by atoms with Crippen molar-refractivity contribution in [3.63, 3.8) is 0 Å². The molecule has 0 fully saturated rings. The zero-order valence-electron chi connectivity index (χ0n) is 11.6. The Morgan fingerprint density at radius 1 is 1.10 bits per heavy atom. The van der Waals surface area contributed by atoms with E-state index in [-0.39, 0.29) is 5.97 Å². The first kappa shape index (κ1) is 13.8. The number of benzene rings is 2. The van der Waals surface area contributed by atoms with Gasteiger partial charge in [0.15, 0.2) is 0 Å². The van der Waals surface area contributed by atoms with Crippen LogP contribution < -0.4 is 0 Å². The molecule has 4 heteroatoms. The summed E-state index contributed by atoms with van der Waals surface area (Å²) in [5, 5.41) is 1.15. The number of carbonyl (C=O) groups is 1. The van der Waals surface area contributed by atoms with Crippen molar-refractivity contribution in [2.75, 3.05) is 6.61 Å². The van der Waals surface area contributed by atoms with Gasteiger partial charge in [0.2, 0.25) is 0 Å². The summed E-state index contributed by atoms with van der Waals surface area (Å²) in [5.74, 6) is -0.277. The van der Waals surface area contributed by atoms with E-state index in [1.807, 2.05) is 49.5 Å². The van der Waals surface area contributed by atoms with E-state index in [1.165, 1.54) is 0 Å². The molecule has 0 aliphatic carbocycles. The molecule has 3 nitrogen and oxygen atoms in total. The van der Waals surface area contributed by atoms with Gasteiger partial charge in [-0.3, -0.25) is 0 Å². The quantitative estimate of drug-likeness (QED) is 0.721. The molecule has 0 saturated heterocycles. The van der Waals surface area contributed by atoms with Crippen molar-refractivity contribution in [3.8, 4) is 0 Å². The average molecular weight is 297 g/mol. The number of nitrogens with one attached hydrogen (secondary N) is 1. The fourth-order valence-corrected chi connectivity index (χ4v) is 3.23. The number of ether oxygens (including phenoxy) is 1. The topological polar surface area (TPSA) is 42.1 Å². The monoisotopic (exact) mass is 297 g/mol. The number of hydrogen-bond donors (Lipinski definition) is 1. The van der Waals surface area contributed by atoms with Gasteiger partial charge in [0.1, 0.15) is 0 Å². The summed E-state index contributed by atoms with van der Waals surface area (Å²) in [7, 11) is 0. The smallest absolute Gasteiger partial charge is 0.339 e. The van der Waals surface area contributed by atoms with Crippen LogP contribution in [0.1, 0.15) is 17.3 Å². The molecule has 0 bridgehead atoms. The number of aromatic amines is 1. The van der Waals surface area contributed by atoms with Gasteiger partial charge in [-0.2, -0.15) is 0 Å². The summed E-state index contributed by atoms with van der Waals surface area (Å²) in [5.41, 5.74) is 1.70. The number of fused-ring (bicyclic) bond motifs is 1. The van der Waals surface area contributed by atoms with Gasteiger partial charge < -0.3 is 9.72 Å². The zero-order valence-corrected chi connectivity index (χ0v) is 12.4. The molecule has 21 heavy (non-hydrogen) atoms. The van der Waals surface area contributed by atoms with E-state index >= 15 is 0 Å². The van der Waals surface area contributed by atoms with E-state index in [0.29, 0.717) is 12.2 Å². The zero-order chi connectivity index (χ0) is 14.7. The van der Waals surface area contributed by atoms with Crippen molar-refractivity contribution in [3.05, 3.63) is 60.3 Å². The van der Waals surface area contributed by atoms with Crippen LogP contribution in [0.15, 0.2) is 64.5 Å². The SMILES string of the molecule is CCOC(=O)c1ccccc1Sc1c[nH]c2ccccc12. The summed E-state index contributed by atoms with van der Waals surface area (Å²) < 4.78 is 5.12. The summed E-state index contributed by atoms with van der Waals surface area (Å²) in [6.07, 6.45) is 1.97. The largest absolute Gasteiger partial charge is 0.462 e. The summed E-state index contributed by atoms with van der Waals surface area (Å²) >= 11 is 1.57. The van der Waals surface area contributed by atoms with E-state index in [2.05, 4.69) is 11.1 Å². The van der Waals surface area contributed by atoms with Gasteiger partial charge in [-0.15, -0.1) is 0 Å². The van der Waals surface area contributed by atoms with Crippen LogP contribution in [0.3, 0.4) is 0 Å². The Bertz CT molecular complexity index is 779. The molecule has 0 unspecified atom stereocenters. The molecule has 3 rings (SSSR count). The number of aromatic nitrogens is 1. The van der Waals surface area contributed by atoms with Crippen LogP contribution in [0.4, 0.5) is 0 Å². The highest BCUT2D eigenvalue weighted by molar-refractivity contribution is 7.99. The number of rotatable bonds is 4. The van der Waals surface area contributed by atoms with Crippen molar-refractivity contribution in [2.24, 2.45) is 0 Å². The molecule has 106 valence electrons. The number of hydrogen-bond acceptors (Lipinski definition) is 3. The second-order valence-corrected chi connectivity index (χ2v) is 5.60. The van der Waals surface area contributed by atoms with E-state index < -0.39 is 0 Å². The molecule has 1 aromatic heterocycles. The molecular formula is C17H15NO2S. The summed E-state index contributed by atoms with van der Waals surface area (Å²) in [6, 6.07) is 15.6. The van der Waals surface area contributed by atoms with Crippen molar-refractivity contribution in [1.29, 1.82) is 0 Å². The molecule has 0 saturated carbocycles. The van der Waals surface area contributed by atoms with E-state index in [0.717, 1.165) is 20.7 Å². The lowest BCUT2D eigenvalue weighted by atomic mass is 10.2. The molecule has 0 spiro atoms. The molecular weight excluding hydrogens is 282 g/mol. The van der Waals surface area contributed by atoms with Gasteiger partial charge in [-0.05, 0) is 25.1 Å². The molecule has 0 aliphatic rings. The standard InChI is InChI=1S/C17H15NO2S/c1-2-20-17(19)13-8-4-6-10-15(13)21-16-11-18-14-9-5-3-7-12(14)16/h3-11,18H,2H2,1H3. The Morgan fingerprint density at radius 2 is 1.86 bits per heavy atom. The Kier molecular flexibility index (Phi) is 3.97. The lowest BCUT2D eigenvalue weighted by molar-refractivity contribution is 0.0522. The first-order valence-corrected chi connectivity index (χ1v) is 7.61. The number of carbonyl (C=O) groups excluding carboxylic acids is 1. The third-order valence-electron chi connectivity index (χ3n) is 3.15. The molecule has 1 N–H and O–H groups in total. The first-order valence-electron chi connectivity index (χ1n) is 6.79. The van der Waals surface area contributed by atoms with Crippen LogP contribution in [0, 0.1) is 0 Å². The molecule has 2 aromatic carbocycles. The summed E-state index contributed by atoms with van der Waals surface area (Å²) in [4.78, 5) is 17.3. The minimum absolute atomic E-state index is 0.277. The highest BCUT2D eigenvalue weighted by atomic mass is 32.2. The fourth-order valence-electron chi connectivity index (χ4n) is 2.18. The van der Waals surface area contributed by atoms with Gasteiger partial charge in [-0.25, -0.2) is 4.79 Å². The predicted molar refractivity (Wildman–Crippen MR) is 84.8 cm³/mol. The predicted octanol–water partition coefficient (Wildman–Crippen LogP) is 4.50. The molecule has 0 aliphatic heterocycles. The highest BCUT2D eigenvalue weighted by Crippen LogP contribution is 2.35. The molecule has 0 atom stereocenters. The molecule has 3 aromatic rings. The van der Waals surface area contributed by atoms with Gasteiger partial charge in [-0.1, -0.05) is 42.1 Å². The van der Waals surface area contributed by atoms with E-state index in [4.69, 9.17) is 4.74 Å². The second-order valence-electron chi connectivity index (χ2n) is 4.52. The van der Waals surface area contributed by atoms with Gasteiger partial charge in [0, 0.05) is 26.9 Å². The second kappa shape index (κ2) is 6.06. The van der Waals surface area contributed by atoms with Crippen LogP contribution in [-0.4, -0.2) is 17.6 Å². The van der Waals surface area contributed by atoms with Crippen molar-refractivity contribution in [2.45, 2.75) is 16.7 Å². The first-order chi connectivity index (χ1) is 10.3. The fraction of sp³-hybridized carbons (Fsp3) is 0.118. The molecule has 0 amide bonds. The van der Waals surface area contributed by atoms with Crippen molar-refractivity contribution < 1.29 is 9.53 Å². The van der Waals surface area contributed by atoms with Gasteiger partial charge in [0.25, 0.3) is 0 Å². The van der Waals surface area contributed by atoms with Crippen LogP contribution in [0.5, 0.6) is 0 Å². The Hall–Kier alpha value is -2.20. The average Bonchev–Trinajstić information content (AvgIpc) is 2.91. The van der Waals surface area contributed by atoms with Gasteiger partial charge >= 0.3 is 5.97 Å². The third-order valence-corrected chi connectivity index (χ3v) is 4.29. The van der Waals surface area contributed by atoms with Crippen LogP contribution in [-0.2, 0) is 4.74 Å². The van der Waals surface area contributed by atoms with E-state index in [9.17, 15) is 4.79 Å². The number of H-pyrrole nitrogens is 1. The Balaban J connectivity index is 1.96. The normalized spacial score (nSPS) is 10.7. The Labute approximate surface area is 127 Å². The minimum atomic E-state index is -0.277. The highest BCUT2D eigenvalue weighted by Gasteiger charge is 2.14. The van der Waals surface area contributed by atoms with Crippen molar-refractivity contribution in [1.82, 2.24) is 4.98 Å². The number of esters is 1. The third kappa shape index (κ3) is 2.81. The Morgan fingerprint density at radius 3 is 2.71 bits per heavy atom.